The van der Waals surface area contributed by atoms with Gasteiger partial charge in [-0.2, -0.15) is 0 Å². The minimum atomic E-state index is 0.646. The molecular weight excluding hydrogens is 284 g/mol. The van der Waals surface area contributed by atoms with Crippen molar-refractivity contribution in [2.24, 2.45) is 4.99 Å². The van der Waals surface area contributed by atoms with Gasteiger partial charge < -0.3 is 10.6 Å². The molecule has 0 bridgehead atoms. The maximum atomic E-state index is 5.87. The molecule has 110 valence electrons. The van der Waals surface area contributed by atoms with Crippen molar-refractivity contribution in [3.05, 3.63) is 64.4 Å². The molecule has 2 aromatic rings. The van der Waals surface area contributed by atoms with Gasteiger partial charge in [-0.15, -0.1) is 0 Å². The number of hydrogen-bond donors (Lipinski definition) is 2. The molecule has 5 heteroatoms. The van der Waals surface area contributed by atoms with E-state index >= 15 is 0 Å². The summed E-state index contributed by atoms with van der Waals surface area (Å²) in [6, 6.07) is 11.7. The molecule has 0 aliphatic rings. The molecule has 0 unspecified atom stereocenters. The van der Waals surface area contributed by atoms with Gasteiger partial charge in [-0.25, -0.2) is 0 Å². The lowest BCUT2D eigenvalue weighted by atomic mass is 10.2. The Kier molecular flexibility index (Phi) is 5.58. The lowest BCUT2D eigenvalue weighted by molar-refractivity contribution is 0.790. The van der Waals surface area contributed by atoms with Crippen LogP contribution in [0.4, 0.5) is 0 Å². The molecule has 1 heterocycles. The highest BCUT2D eigenvalue weighted by atomic mass is 35.5. The van der Waals surface area contributed by atoms with Crippen LogP contribution in [0.15, 0.2) is 47.6 Å². The van der Waals surface area contributed by atoms with Crippen LogP contribution in [0.25, 0.3) is 0 Å². The summed E-state index contributed by atoms with van der Waals surface area (Å²) in [6.07, 6.45) is 1.80. The van der Waals surface area contributed by atoms with Crippen LogP contribution >= 0.6 is 11.6 Å². The first-order valence-electron chi connectivity index (χ1n) is 6.78. The minimum Gasteiger partial charge on any atom is -0.352 e. The molecule has 0 saturated heterocycles. The summed E-state index contributed by atoms with van der Waals surface area (Å²) in [4.78, 5) is 8.56. The van der Waals surface area contributed by atoms with Crippen LogP contribution < -0.4 is 10.6 Å². The van der Waals surface area contributed by atoms with Crippen LogP contribution in [0, 0.1) is 6.92 Å². The Morgan fingerprint density at radius 1 is 1.14 bits per heavy atom. The molecular formula is C16H19ClN4. The van der Waals surface area contributed by atoms with Crippen molar-refractivity contribution < 1.29 is 0 Å². The van der Waals surface area contributed by atoms with Crippen LogP contribution in [-0.2, 0) is 13.1 Å². The van der Waals surface area contributed by atoms with Crippen LogP contribution in [-0.4, -0.2) is 18.0 Å². The Morgan fingerprint density at radius 2 is 1.86 bits per heavy atom. The average Bonchev–Trinajstić information content (AvgIpc) is 2.51. The number of aliphatic imine (C=N–C) groups is 1. The summed E-state index contributed by atoms with van der Waals surface area (Å²) < 4.78 is 0. The van der Waals surface area contributed by atoms with Crippen LogP contribution in [0.1, 0.15) is 16.8 Å². The highest BCUT2D eigenvalue weighted by molar-refractivity contribution is 6.30. The van der Waals surface area contributed by atoms with Crippen molar-refractivity contribution in [2.75, 3.05) is 7.05 Å². The van der Waals surface area contributed by atoms with Gasteiger partial charge in [-0.3, -0.25) is 9.98 Å². The lowest BCUT2D eigenvalue weighted by Gasteiger charge is -2.12. The van der Waals surface area contributed by atoms with Gasteiger partial charge in [0.05, 0.1) is 12.2 Å². The predicted octanol–water partition coefficient (Wildman–Crippen LogP) is 2.91. The van der Waals surface area contributed by atoms with Crippen molar-refractivity contribution in [3.63, 3.8) is 0 Å². The number of nitrogens with one attached hydrogen (secondary N) is 2. The molecule has 1 aromatic carbocycles. The smallest absolute Gasteiger partial charge is 0.191 e. The average molecular weight is 303 g/mol. The van der Waals surface area contributed by atoms with Crippen LogP contribution in [0.3, 0.4) is 0 Å². The minimum absolute atomic E-state index is 0.646. The van der Waals surface area contributed by atoms with E-state index in [0.29, 0.717) is 13.1 Å². The van der Waals surface area contributed by atoms with Gasteiger partial charge in [0, 0.05) is 24.8 Å². The molecule has 1 aromatic heterocycles. The Morgan fingerprint density at radius 3 is 2.52 bits per heavy atom. The maximum absolute atomic E-state index is 5.87. The van der Waals surface area contributed by atoms with E-state index in [-0.39, 0.29) is 0 Å². The normalized spacial score (nSPS) is 11.3. The summed E-state index contributed by atoms with van der Waals surface area (Å²) in [5, 5.41) is 7.26. The van der Waals surface area contributed by atoms with E-state index in [2.05, 4.69) is 20.6 Å². The molecule has 0 atom stereocenters. The van der Waals surface area contributed by atoms with E-state index in [1.54, 1.807) is 13.2 Å². The summed E-state index contributed by atoms with van der Waals surface area (Å²) in [6.45, 7) is 3.39. The number of benzene rings is 1. The Hall–Kier alpha value is -2.07. The molecule has 2 N–H and O–H groups in total. The number of halogens is 1. The van der Waals surface area contributed by atoms with E-state index in [0.717, 1.165) is 27.8 Å². The number of hydrogen-bond acceptors (Lipinski definition) is 2. The summed E-state index contributed by atoms with van der Waals surface area (Å²) in [5.74, 6) is 0.745. The zero-order valence-corrected chi connectivity index (χ0v) is 13.0. The van der Waals surface area contributed by atoms with Gasteiger partial charge >= 0.3 is 0 Å². The van der Waals surface area contributed by atoms with Crippen LogP contribution in [0.5, 0.6) is 0 Å². The fourth-order valence-electron chi connectivity index (χ4n) is 1.88. The Labute approximate surface area is 130 Å². The molecule has 21 heavy (non-hydrogen) atoms. The third-order valence-electron chi connectivity index (χ3n) is 3.14. The zero-order chi connectivity index (χ0) is 15.1. The van der Waals surface area contributed by atoms with E-state index in [1.807, 2.05) is 43.3 Å². The zero-order valence-electron chi connectivity index (χ0n) is 12.2. The van der Waals surface area contributed by atoms with Gasteiger partial charge in [0.2, 0.25) is 0 Å². The summed E-state index contributed by atoms with van der Waals surface area (Å²) in [5.41, 5.74) is 3.33. The standard InChI is InChI=1S/C16H19ClN4/c1-12-4-3-9-19-15(12)11-21-16(18-2)20-10-13-5-7-14(17)8-6-13/h3-9H,10-11H2,1-2H3,(H2,18,20,21). The fraction of sp³-hybridized carbons (Fsp3) is 0.250. The van der Waals surface area contributed by atoms with Crippen molar-refractivity contribution in [1.82, 2.24) is 15.6 Å². The van der Waals surface area contributed by atoms with Crippen molar-refractivity contribution in [1.29, 1.82) is 0 Å². The quantitative estimate of drug-likeness (QED) is 0.674. The molecule has 0 fully saturated rings. The first kappa shape index (κ1) is 15.3. The number of pyridine rings is 1. The third-order valence-corrected chi connectivity index (χ3v) is 3.39. The van der Waals surface area contributed by atoms with E-state index in [1.165, 1.54) is 0 Å². The second-order valence-electron chi connectivity index (χ2n) is 4.67. The number of rotatable bonds is 4. The summed E-state index contributed by atoms with van der Waals surface area (Å²) >= 11 is 5.87. The van der Waals surface area contributed by atoms with Crippen molar-refractivity contribution in [2.45, 2.75) is 20.0 Å². The monoisotopic (exact) mass is 302 g/mol. The first-order chi connectivity index (χ1) is 10.2. The molecule has 0 spiro atoms. The molecule has 2 rings (SSSR count). The van der Waals surface area contributed by atoms with Gasteiger partial charge in [0.1, 0.15) is 0 Å². The third kappa shape index (κ3) is 4.76. The van der Waals surface area contributed by atoms with Gasteiger partial charge in [0.25, 0.3) is 0 Å². The number of aryl methyl sites for hydroxylation is 1. The highest BCUT2D eigenvalue weighted by Gasteiger charge is 2.02. The fourth-order valence-corrected chi connectivity index (χ4v) is 2.01. The second-order valence-corrected chi connectivity index (χ2v) is 5.11. The van der Waals surface area contributed by atoms with Crippen molar-refractivity contribution >= 4 is 17.6 Å². The predicted molar refractivity (Wildman–Crippen MR) is 87.5 cm³/mol. The SMILES string of the molecule is CN=C(NCc1ccc(Cl)cc1)NCc1ncccc1C. The van der Waals surface area contributed by atoms with Gasteiger partial charge in [0.15, 0.2) is 5.96 Å². The number of guanidine groups is 1. The molecule has 0 radical (unpaired) electrons. The molecule has 0 aliphatic carbocycles. The van der Waals surface area contributed by atoms with E-state index < -0.39 is 0 Å². The lowest BCUT2D eigenvalue weighted by Crippen LogP contribution is -2.36. The Balaban J connectivity index is 1.86. The maximum Gasteiger partial charge on any atom is 0.191 e. The van der Waals surface area contributed by atoms with Gasteiger partial charge in [-0.05, 0) is 36.2 Å². The molecule has 0 aliphatic heterocycles. The largest absolute Gasteiger partial charge is 0.352 e. The number of nitrogens with zero attached hydrogens (tertiary/aromatic N) is 2. The Bertz CT molecular complexity index is 608. The van der Waals surface area contributed by atoms with Crippen molar-refractivity contribution in [3.8, 4) is 0 Å². The summed E-state index contributed by atoms with van der Waals surface area (Å²) in [7, 11) is 1.75. The topological polar surface area (TPSA) is 49.3 Å². The van der Waals surface area contributed by atoms with E-state index in [4.69, 9.17) is 11.6 Å². The molecule has 0 saturated carbocycles. The molecule has 0 amide bonds. The van der Waals surface area contributed by atoms with Crippen LogP contribution in [0.2, 0.25) is 5.02 Å². The first-order valence-corrected chi connectivity index (χ1v) is 7.16. The molecule has 4 nitrogen and oxygen atoms in total. The van der Waals surface area contributed by atoms with E-state index in [9.17, 15) is 0 Å². The number of aromatic nitrogens is 1. The highest BCUT2D eigenvalue weighted by Crippen LogP contribution is 2.09. The van der Waals surface area contributed by atoms with Gasteiger partial charge in [-0.1, -0.05) is 29.8 Å². The second kappa shape index (κ2) is 7.64.